The van der Waals surface area contributed by atoms with Crippen molar-refractivity contribution >= 4 is 29.8 Å². The molecular weight excluding hydrogens is 867 g/mol. The molecule has 6 aliphatic rings. The van der Waals surface area contributed by atoms with Crippen LogP contribution in [-0.4, -0.2) is 94.8 Å². The van der Waals surface area contributed by atoms with Crippen LogP contribution in [0.1, 0.15) is 97.5 Å². The molecule has 2 saturated carbocycles. The highest BCUT2D eigenvalue weighted by molar-refractivity contribution is 5.95. The number of benzene rings is 4. The fourth-order valence-electron chi connectivity index (χ4n) is 10.9. The second-order valence-corrected chi connectivity index (χ2v) is 19.9. The van der Waals surface area contributed by atoms with Crippen LogP contribution in [0.2, 0.25) is 0 Å². The van der Waals surface area contributed by atoms with Gasteiger partial charge in [0.05, 0.1) is 31.4 Å². The highest BCUT2D eigenvalue weighted by Gasteiger charge is 2.76. The van der Waals surface area contributed by atoms with Crippen molar-refractivity contribution in [3.8, 4) is 0 Å². The van der Waals surface area contributed by atoms with Gasteiger partial charge in [-0.3, -0.25) is 24.0 Å². The van der Waals surface area contributed by atoms with E-state index in [9.17, 15) is 19.5 Å². The van der Waals surface area contributed by atoms with E-state index in [-0.39, 0.29) is 39.0 Å². The first-order valence-corrected chi connectivity index (χ1v) is 23.9. The molecule has 4 heterocycles. The average molecular weight is 926 g/mol. The minimum Gasteiger partial charge on any atom is -0.460 e. The summed E-state index contributed by atoms with van der Waals surface area (Å²) in [5, 5.41) is 17.6. The summed E-state index contributed by atoms with van der Waals surface area (Å²) in [6.07, 6.45) is 5.17. The smallest absolute Gasteiger partial charge is 0.327 e. The molecular formula is C54H59N3O11. The second-order valence-electron chi connectivity index (χ2n) is 19.9. The molecule has 0 aromatic heterocycles. The molecule has 2 amide bonds. The highest BCUT2D eigenvalue weighted by atomic mass is 16.8. The molecule has 68 heavy (non-hydrogen) atoms. The lowest BCUT2D eigenvalue weighted by atomic mass is 9.62. The van der Waals surface area contributed by atoms with Gasteiger partial charge in [-0.25, -0.2) is 0 Å². The zero-order valence-electron chi connectivity index (χ0n) is 38.6. The molecule has 0 spiro atoms. The lowest BCUT2D eigenvalue weighted by Crippen LogP contribution is -2.69. The summed E-state index contributed by atoms with van der Waals surface area (Å²) >= 11 is 0. The third-order valence-corrected chi connectivity index (χ3v) is 14.2. The van der Waals surface area contributed by atoms with Crippen LogP contribution in [0.25, 0.3) is 6.08 Å². The number of carbonyl (C=O) groups is 4. The molecule has 0 radical (unpaired) electrons. The van der Waals surface area contributed by atoms with Crippen molar-refractivity contribution in [2.24, 2.45) is 11.3 Å². The standard InChI is InChI=1S/C54H59N3O11/c1-52(2,3)65-44(59)26-24-40(32-58)56-49(60)36-16-12-13-34(27-36)30-55-51(62)53-29-43-45-46(67-54(66-45,38-17-6-4-7-18-38)39-19-8-5-9-20-39)48(53)68-57(47(53)50(61)64-43)31-37-15-11-10-14-35(37)23-21-33-22-25-41-42(28-33)63-41/h4-21,23,27,33,40-43,45-48,58H,22,24-26,28-32H2,1-3H3,(H,55,62)(H,56,60)/t33?,40-,41?,42?,43+,45-,46-,47-,48+,53-/m0/s1. The predicted octanol–water partition coefficient (Wildman–Crippen LogP) is 6.28. The van der Waals surface area contributed by atoms with Gasteiger partial charge in [0.1, 0.15) is 35.4 Å². The second kappa shape index (κ2) is 18.6. The highest BCUT2D eigenvalue weighted by Crippen LogP contribution is 2.59. The largest absolute Gasteiger partial charge is 0.460 e. The van der Waals surface area contributed by atoms with Gasteiger partial charge in [0.25, 0.3) is 5.91 Å². The topological polar surface area (TPSA) is 174 Å². The zero-order valence-corrected chi connectivity index (χ0v) is 38.6. The van der Waals surface area contributed by atoms with E-state index in [1.807, 2.05) is 84.9 Å². The van der Waals surface area contributed by atoms with Gasteiger partial charge in [-0.05, 0) is 81.2 Å². The van der Waals surface area contributed by atoms with Crippen molar-refractivity contribution in [2.45, 2.75) is 132 Å². The normalized spacial score (nSPS) is 29.3. The first kappa shape index (κ1) is 46.0. The van der Waals surface area contributed by atoms with Crippen molar-refractivity contribution in [1.82, 2.24) is 15.7 Å². The molecule has 14 nitrogen and oxygen atoms in total. The Bertz CT molecular complexity index is 2510. The number of hydroxylamine groups is 2. The summed E-state index contributed by atoms with van der Waals surface area (Å²) in [4.78, 5) is 62.7. The number of allylic oxidation sites excluding steroid dienone is 1. The number of fused-ring (bicyclic) bond motifs is 5. The first-order valence-electron chi connectivity index (χ1n) is 23.9. The number of epoxide rings is 1. The Labute approximate surface area is 396 Å². The minimum absolute atomic E-state index is 0.0211. The number of ether oxygens (including phenoxy) is 5. The fraction of sp³-hybridized carbons (Fsp3) is 0.444. The van der Waals surface area contributed by atoms with E-state index in [2.05, 4.69) is 22.8 Å². The van der Waals surface area contributed by atoms with Crippen LogP contribution in [-0.2, 0) is 61.8 Å². The van der Waals surface area contributed by atoms with E-state index in [1.54, 1.807) is 50.1 Å². The van der Waals surface area contributed by atoms with Crippen molar-refractivity contribution in [3.63, 3.8) is 0 Å². The maximum absolute atomic E-state index is 15.3. The van der Waals surface area contributed by atoms with Crippen molar-refractivity contribution in [2.75, 3.05) is 6.61 Å². The van der Waals surface area contributed by atoms with E-state index >= 15 is 4.79 Å². The monoisotopic (exact) mass is 925 g/mol. The molecule has 10 rings (SSSR count). The number of aliphatic hydroxyl groups excluding tert-OH is 1. The lowest BCUT2D eigenvalue weighted by molar-refractivity contribution is -0.213. The SMILES string of the molecule is CC(C)(C)OC(=O)CC[C@@H](CO)NC(=O)c1cccc(CNC(=O)[C@@]23C[C@H]4OC(=O)[C@@H]2N(Cc2ccccc2C=CC2CCC5OC5C2)O[C@@H]3[C@H]2OC(c3ccccc3)(c3ccccc3)O[C@H]24)c1. The van der Waals surface area contributed by atoms with Crippen LogP contribution in [0.5, 0.6) is 0 Å². The van der Waals surface area contributed by atoms with Gasteiger partial charge in [0, 0.05) is 36.1 Å². The summed E-state index contributed by atoms with van der Waals surface area (Å²) in [5.41, 5.74) is 2.18. The molecule has 2 aliphatic carbocycles. The van der Waals surface area contributed by atoms with Crippen LogP contribution in [0, 0.1) is 11.3 Å². The number of hydrogen-bond donors (Lipinski definition) is 3. The summed E-state index contributed by atoms with van der Waals surface area (Å²) in [6, 6.07) is 32.2. The Kier molecular flexibility index (Phi) is 12.6. The maximum Gasteiger partial charge on any atom is 0.327 e. The maximum atomic E-state index is 15.3. The van der Waals surface area contributed by atoms with Crippen LogP contribution in [0.15, 0.2) is 115 Å². The molecule has 4 saturated heterocycles. The van der Waals surface area contributed by atoms with Crippen LogP contribution < -0.4 is 10.6 Å². The molecule has 3 unspecified atom stereocenters. The number of amides is 2. The fourth-order valence-corrected chi connectivity index (χ4v) is 10.9. The van der Waals surface area contributed by atoms with Gasteiger partial charge >= 0.3 is 11.9 Å². The van der Waals surface area contributed by atoms with Gasteiger partial charge in [-0.15, -0.1) is 0 Å². The zero-order chi connectivity index (χ0) is 47.2. The molecule has 6 fully saturated rings. The van der Waals surface area contributed by atoms with E-state index < -0.39 is 77.1 Å². The van der Waals surface area contributed by atoms with E-state index in [4.69, 9.17) is 28.5 Å². The summed E-state index contributed by atoms with van der Waals surface area (Å²) < 4.78 is 31.7. The Hall–Kier alpha value is -5.74. The van der Waals surface area contributed by atoms with Gasteiger partial charge < -0.3 is 39.4 Å². The van der Waals surface area contributed by atoms with Gasteiger partial charge in [0.15, 0.2) is 6.04 Å². The molecule has 14 heteroatoms. The van der Waals surface area contributed by atoms with Gasteiger partial charge in [0.2, 0.25) is 11.7 Å². The van der Waals surface area contributed by atoms with Crippen molar-refractivity contribution in [3.05, 3.63) is 149 Å². The Balaban J connectivity index is 0.931. The van der Waals surface area contributed by atoms with Crippen molar-refractivity contribution in [1.29, 1.82) is 0 Å². The molecule has 4 aromatic carbocycles. The quantitative estimate of drug-likeness (QED) is 0.0901. The van der Waals surface area contributed by atoms with Gasteiger partial charge in [-0.1, -0.05) is 109 Å². The summed E-state index contributed by atoms with van der Waals surface area (Å²) in [6.45, 7) is 5.16. The van der Waals surface area contributed by atoms with Crippen molar-refractivity contribution < 1.29 is 52.8 Å². The molecule has 2 bridgehead atoms. The third kappa shape index (κ3) is 9.01. The summed E-state index contributed by atoms with van der Waals surface area (Å²) in [7, 11) is 0. The first-order chi connectivity index (χ1) is 32.8. The lowest BCUT2D eigenvalue weighted by Gasteiger charge is -2.48. The third-order valence-electron chi connectivity index (χ3n) is 14.2. The molecule has 4 aromatic rings. The number of nitrogens with zero attached hydrogens (tertiary/aromatic N) is 1. The molecule has 10 atom stereocenters. The number of esters is 2. The molecule has 356 valence electrons. The molecule has 4 aliphatic heterocycles. The predicted molar refractivity (Wildman–Crippen MR) is 248 cm³/mol. The average Bonchev–Trinajstić information content (AvgIpc) is 3.86. The van der Waals surface area contributed by atoms with E-state index in [0.29, 0.717) is 29.3 Å². The Morgan fingerprint density at radius 1 is 0.882 bits per heavy atom. The number of aliphatic hydroxyl groups is 1. The summed E-state index contributed by atoms with van der Waals surface area (Å²) in [5.74, 6) is -2.87. The van der Waals surface area contributed by atoms with Crippen LogP contribution >= 0.6 is 0 Å². The Morgan fingerprint density at radius 3 is 2.32 bits per heavy atom. The number of carbonyl (C=O) groups excluding carboxylic acids is 4. The van der Waals surface area contributed by atoms with Crippen LogP contribution in [0.4, 0.5) is 0 Å². The Morgan fingerprint density at radius 2 is 1.60 bits per heavy atom. The van der Waals surface area contributed by atoms with Gasteiger partial charge in [-0.2, -0.15) is 5.06 Å². The number of hydrogen-bond acceptors (Lipinski definition) is 12. The number of nitrogens with one attached hydrogen (secondary N) is 2. The molecule has 3 N–H and O–H groups in total. The van der Waals surface area contributed by atoms with E-state index in [1.165, 1.54) is 0 Å². The van der Waals surface area contributed by atoms with E-state index in [0.717, 1.165) is 41.5 Å². The van der Waals surface area contributed by atoms with Crippen LogP contribution in [0.3, 0.4) is 0 Å². The number of rotatable bonds is 15. The minimum atomic E-state index is -1.47.